The highest BCUT2D eigenvalue weighted by molar-refractivity contribution is 8.00. The summed E-state index contributed by atoms with van der Waals surface area (Å²) in [5, 5.41) is 11.9. The summed E-state index contributed by atoms with van der Waals surface area (Å²) in [5.74, 6) is 0.782. The monoisotopic (exact) mass is 390 g/mol. The molecule has 1 amide bonds. The molecule has 0 aliphatic carbocycles. The van der Waals surface area contributed by atoms with Gasteiger partial charge in [0.15, 0.2) is 5.96 Å². The minimum atomic E-state index is -0.00531. The summed E-state index contributed by atoms with van der Waals surface area (Å²) in [7, 11) is 1.77. The number of nitrogens with one attached hydrogen (secondary N) is 3. The molecule has 1 heterocycles. The number of aliphatic imine (C=N–C) groups is 1. The Hall–Kier alpha value is -1.99. The van der Waals surface area contributed by atoms with Crippen molar-refractivity contribution in [1.82, 2.24) is 16.0 Å². The Bertz CT molecular complexity index is 674. The van der Waals surface area contributed by atoms with Gasteiger partial charge in [-0.3, -0.25) is 9.79 Å². The highest BCUT2D eigenvalue weighted by atomic mass is 32.2. The van der Waals surface area contributed by atoms with Crippen LogP contribution < -0.4 is 16.0 Å². The molecule has 1 unspecified atom stereocenters. The first-order chi connectivity index (χ1) is 12.7. The largest absolute Gasteiger partial charge is 0.356 e. The standard InChI is InChI=1S/C19H26N4OS2/c1-15(26-16-8-4-3-5-9-16)14-23-19(20-2)22-12-7-11-21-18(24)17-10-6-13-25-17/h3-6,8-10,13,15H,7,11-12,14H2,1-2H3,(H,21,24)(H2,20,22,23). The van der Waals surface area contributed by atoms with E-state index in [1.54, 1.807) is 7.05 Å². The van der Waals surface area contributed by atoms with Crippen molar-refractivity contribution in [2.75, 3.05) is 26.7 Å². The summed E-state index contributed by atoms with van der Waals surface area (Å²) in [6.07, 6.45) is 0.839. The van der Waals surface area contributed by atoms with Gasteiger partial charge < -0.3 is 16.0 Å². The van der Waals surface area contributed by atoms with Crippen molar-refractivity contribution in [2.45, 2.75) is 23.5 Å². The number of nitrogens with zero attached hydrogens (tertiary/aromatic N) is 1. The maximum absolute atomic E-state index is 11.8. The molecule has 2 aromatic rings. The Balaban J connectivity index is 1.58. The molecule has 7 heteroatoms. The fourth-order valence-electron chi connectivity index (χ4n) is 2.23. The molecule has 0 saturated heterocycles. The second-order valence-corrected chi connectivity index (χ2v) is 8.17. The molecule has 0 saturated carbocycles. The molecule has 0 spiro atoms. The van der Waals surface area contributed by atoms with Crippen LogP contribution in [0.3, 0.4) is 0 Å². The summed E-state index contributed by atoms with van der Waals surface area (Å²) in [5.41, 5.74) is 0. The summed E-state index contributed by atoms with van der Waals surface area (Å²) in [4.78, 5) is 18.1. The Morgan fingerprint density at radius 1 is 1.12 bits per heavy atom. The van der Waals surface area contributed by atoms with Crippen LogP contribution in [0.15, 0.2) is 57.7 Å². The predicted molar refractivity (Wildman–Crippen MR) is 112 cm³/mol. The van der Waals surface area contributed by atoms with Gasteiger partial charge in [-0.25, -0.2) is 0 Å². The molecule has 0 aliphatic heterocycles. The topological polar surface area (TPSA) is 65.5 Å². The molecular weight excluding hydrogens is 364 g/mol. The van der Waals surface area contributed by atoms with Gasteiger partial charge in [-0.1, -0.05) is 31.2 Å². The van der Waals surface area contributed by atoms with Gasteiger partial charge in [0.25, 0.3) is 5.91 Å². The maximum Gasteiger partial charge on any atom is 0.261 e. The first-order valence-electron chi connectivity index (χ1n) is 8.67. The smallest absolute Gasteiger partial charge is 0.261 e. The maximum atomic E-state index is 11.8. The van der Waals surface area contributed by atoms with Crippen LogP contribution in [0.2, 0.25) is 0 Å². The molecule has 0 radical (unpaired) electrons. The fourth-order valence-corrected chi connectivity index (χ4v) is 3.81. The van der Waals surface area contributed by atoms with Gasteiger partial charge in [0.05, 0.1) is 4.88 Å². The summed E-state index contributed by atoms with van der Waals surface area (Å²) in [6, 6.07) is 14.1. The quantitative estimate of drug-likeness (QED) is 0.266. The lowest BCUT2D eigenvalue weighted by molar-refractivity contribution is 0.0957. The Morgan fingerprint density at radius 2 is 1.88 bits per heavy atom. The van der Waals surface area contributed by atoms with Crippen LogP contribution in [0.5, 0.6) is 0 Å². The zero-order valence-electron chi connectivity index (χ0n) is 15.2. The van der Waals surface area contributed by atoms with Crippen LogP contribution in [-0.4, -0.2) is 43.8 Å². The lowest BCUT2D eigenvalue weighted by atomic mass is 10.4. The van der Waals surface area contributed by atoms with Crippen molar-refractivity contribution >= 4 is 35.0 Å². The number of rotatable bonds is 9. The van der Waals surface area contributed by atoms with Gasteiger partial charge in [-0.05, 0) is 30.0 Å². The molecule has 1 atom stereocenters. The molecule has 2 rings (SSSR count). The molecule has 0 fully saturated rings. The molecule has 0 bridgehead atoms. The summed E-state index contributed by atoms with van der Waals surface area (Å²) in [6.45, 7) is 4.41. The molecule has 26 heavy (non-hydrogen) atoms. The van der Waals surface area contributed by atoms with E-state index >= 15 is 0 Å². The van der Waals surface area contributed by atoms with Crippen LogP contribution in [0.4, 0.5) is 0 Å². The fraction of sp³-hybridized carbons (Fsp3) is 0.368. The molecule has 1 aromatic heterocycles. The minimum Gasteiger partial charge on any atom is -0.356 e. The van der Waals surface area contributed by atoms with Gasteiger partial charge in [0.1, 0.15) is 0 Å². The zero-order valence-corrected chi connectivity index (χ0v) is 16.8. The molecular formula is C19H26N4OS2. The number of hydrogen-bond donors (Lipinski definition) is 3. The van der Waals surface area contributed by atoms with E-state index in [-0.39, 0.29) is 5.91 Å². The number of hydrogen-bond acceptors (Lipinski definition) is 4. The highest BCUT2D eigenvalue weighted by Crippen LogP contribution is 2.21. The second kappa shape index (κ2) is 11.6. The van der Waals surface area contributed by atoms with Crippen LogP contribution in [0, 0.1) is 0 Å². The van der Waals surface area contributed by atoms with Crippen molar-refractivity contribution in [1.29, 1.82) is 0 Å². The number of guanidine groups is 1. The summed E-state index contributed by atoms with van der Waals surface area (Å²) >= 11 is 3.29. The number of amides is 1. The highest BCUT2D eigenvalue weighted by Gasteiger charge is 2.06. The van der Waals surface area contributed by atoms with E-state index in [1.807, 2.05) is 35.3 Å². The number of thiophene rings is 1. The lowest BCUT2D eigenvalue weighted by Gasteiger charge is -2.16. The van der Waals surface area contributed by atoms with Crippen molar-refractivity contribution in [3.63, 3.8) is 0 Å². The third kappa shape index (κ3) is 7.49. The first kappa shape index (κ1) is 20.3. The number of benzene rings is 1. The van der Waals surface area contributed by atoms with Crippen LogP contribution in [0.25, 0.3) is 0 Å². The van der Waals surface area contributed by atoms with E-state index in [2.05, 4.69) is 52.1 Å². The molecule has 1 aromatic carbocycles. The van der Waals surface area contributed by atoms with Gasteiger partial charge in [0.2, 0.25) is 0 Å². The lowest BCUT2D eigenvalue weighted by Crippen LogP contribution is -2.41. The van der Waals surface area contributed by atoms with Gasteiger partial charge >= 0.3 is 0 Å². The van der Waals surface area contributed by atoms with E-state index in [0.717, 1.165) is 30.3 Å². The number of carbonyl (C=O) groups excluding carboxylic acids is 1. The summed E-state index contributed by atoms with van der Waals surface area (Å²) < 4.78 is 0. The predicted octanol–water partition coefficient (Wildman–Crippen LogP) is 3.21. The SMILES string of the molecule is CN=C(NCCCNC(=O)c1cccs1)NCC(C)Sc1ccccc1. The van der Waals surface area contributed by atoms with E-state index in [1.165, 1.54) is 16.2 Å². The Morgan fingerprint density at radius 3 is 2.58 bits per heavy atom. The molecule has 0 aliphatic rings. The molecule has 140 valence electrons. The van der Waals surface area contributed by atoms with Crippen molar-refractivity contribution < 1.29 is 4.79 Å². The minimum absolute atomic E-state index is 0.00531. The van der Waals surface area contributed by atoms with E-state index < -0.39 is 0 Å². The Kier molecular flexibility index (Phi) is 9.06. The molecule has 3 N–H and O–H groups in total. The van der Waals surface area contributed by atoms with Crippen LogP contribution >= 0.6 is 23.1 Å². The number of thioether (sulfide) groups is 1. The first-order valence-corrected chi connectivity index (χ1v) is 10.4. The number of carbonyl (C=O) groups is 1. The van der Waals surface area contributed by atoms with Crippen molar-refractivity contribution in [3.8, 4) is 0 Å². The molecule has 5 nitrogen and oxygen atoms in total. The second-order valence-electron chi connectivity index (χ2n) is 5.71. The zero-order chi connectivity index (χ0) is 18.6. The van der Waals surface area contributed by atoms with Gasteiger partial charge in [-0.15, -0.1) is 23.1 Å². The van der Waals surface area contributed by atoms with Gasteiger partial charge in [-0.2, -0.15) is 0 Å². The van der Waals surface area contributed by atoms with Crippen LogP contribution in [-0.2, 0) is 0 Å². The van der Waals surface area contributed by atoms with Gasteiger partial charge in [0, 0.05) is 36.8 Å². The third-order valence-corrected chi connectivity index (χ3v) is 5.52. The third-order valence-electron chi connectivity index (χ3n) is 3.54. The van der Waals surface area contributed by atoms with Crippen LogP contribution in [0.1, 0.15) is 23.0 Å². The normalized spacial score (nSPS) is 12.5. The average molecular weight is 391 g/mol. The van der Waals surface area contributed by atoms with Crippen molar-refractivity contribution in [3.05, 3.63) is 52.7 Å². The van der Waals surface area contributed by atoms with E-state index in [0.29, 0.717) is 11.8 Å². The van der Waals surface area contributed by atoms with E-state index in [4.69, 9.17) is 0 Å². The van der Waals surface area contributed by atoms with Crippen molar-refractivity contribution in [2.24, 2.45) is 4.99 Å². The Labute approximate surface area is 163 Å². The average Bonchev–Trinajstić information content (AvgIpc) is 3.19. The van der Waals surface area contributed by atoms with E-state index in [9.17, 15) is 4.79 Å².